The fourth-order valence-electron chi connectivity index (χ4n) is 4.96. The fraction of sp³-hybridized carbons (Fsp3) is 0.444. The summed E-state index contributed by atoms with van der Waals surface area (Å²) in [4.78, 5) is 16.0. The number of halogens is 3. The Labute approximate surface area is 208 Å². The van der Waals surface area contributed by atoms with E-state index in [2.05, 4.69) is 0 Å². The molecule has 36 heavy (non-hydrogen) atoms. The van der Waals surface area contributed by atoms with Crippen LogP contribution in [0.25, 0.3) is 6.08 Å². The lowest BCUT2D eigenvalue weighted by atomic mass is 9.83. The molecule has 0 radical (unpaired) electrons. The van der Waals surface area contributed by atoms with Crippen LogP contribution >= 0.6 is 0 Å². The summed E-state index contributed by atoms with van der Waals surface area (Å²) in [7, 11) is 0. The standard InChI is InChI=1S/C27H31F3N2O4/c28-21-4-2-20(3-5-21)26(35)7-11-31(12-8-26)18-24(33)27(36)9-13-32(14-10-27)25(34)6-1-19-15-22(29)17-23(30)16-19/h1-6,15-17,24,33,35-36H,7-14,18H2/b6-1+. The second kappa shape index (κ2) is 10.7. The van der Waals surface area contributed by atoms with E-state index in [9.17, 15) is 33.3 Å². The van der Waals surface area contributed by atoms with E-state index < -0.39 is 28.9 Å². The van der Waals surface area contributed by atoms with Gasteiger partial charge in [-0.1, -0.05) is 12.1 Å². The van der Waals surface area contributed by atoms with Crippen LogP contribution in [0.3, 0.4) is 0 Å². The van der Waals surface area contributed by atoms with Crippen molar-refractivity contribution in [3.63, 3.8) is 0 Å². The zero-order chi connectivity index (χ0) is 25.9. The Kier molecular flexibility index (Phi) is 7.85. The van der Waals surface area contributed by atoms with E-state index in [1.807, 2.05) is 4.90 Å². The number of carbonyl (C=O) groups is 1. The molecule has 194 valence electrons. The molecule has 0 bridgehead atoms. The number of benzene rings is 2. The molecule has 2 heterocycles. The summed E-state index contributed by atoms with van der Waals surface area (Å²) in [5.41, 5.74) is -1.51. The van der Waals surface area contributed by atoms with Crippen molar-refractivity contribution in [1.29, 1.82) is 0 Å². The number of aliphatic hydroxyl groups excluding tert-OH is 1. The zero-order valence-corrected chi connectivity index (χ0v) is 19.9. The largest absolute Gasteiger partial charge is 0.389 e. The Morgan fingerprint density at radius 1 is 0.889 bits per heavy atom. The van der Waals surface area contributed by atoms with Crippen LogP contribution in [0, 0.1) is 17.5 Å². The highest BCUT2D eigenvalue weighted by Gasteiger charge is 2.42. The topological polar surface area (TPSA) is 84.2 Å². The van der Waals surface area contributed by atoms with E-state index >= 15 is 0 Å². The van der Waals surface area contributed by atoms with Gasteiger partial charge in [-0.2, -0.15) is 0 Å². The molecule has 2 fully saturated rings. The first-order chi connectivity index (χ1) is 17.1. The number of β-amino-alcohol motifs (C(OH)–C–C–N with tert-alkyl or cyclic N) is 1. The van der Waals surface area contributed by atoms with Crippen molar-refractivity contribution in [1.82, 2.24) is 9.80 Å². The molecule has 0 aliphatic carbocycles. The van der Waals surface area contributed by atoms with Gasteiger partial charge in [0.1, 0.15) is 17.5 Å². The van der Waals surface area contributed by atoms with E-state index in [0.29, 0.717) is 31.5 Å². The van der Waals surface area contributed by atoms with Gasteiger partial charge in [0, 0.05) is 44.9 Å². The Hall–Kier alpha value is -2.72. The summed E-state index contributed by atoms with van der Waals surface area (Å²) >= 11 is 0. The molecule has 2 saturated heterocycles. The molecule has 2 aromatic rings. The van der Waals surface area contributed by atoms with Gasteiger partial charge in [-0.3, -0.25) is 4.79 Å². The van der Waals surface area contributed by atoms with Crippen LogP contribution in [-0.2, 0) is 10.4 Å². The molecule has 4 rings (SSSR count). The van der Waals surface area contributed by atoms with Crippen LogP contribution < -0.4 is 0 Å². The Morgan fingerprint density at radius 2 is 1.47 bits per heavy atom. The van der Waals surface area contributed by atoms with Crippen LogP contribution in [0.2, 0.25) is 0 Å². The summed E-state index contributed by atoms with van der Waals surface area (Å²) in [5.74, 6) is -2.16. The van der Waals surface area contributed by atoms with Crippen molar-refractivity contribution in [2.45, 2.75) is 43.0 Å². The first kappa shape index (κ1) is 26.3. The molecule has 2 aromatic carbocycles. The van der Waals surface area contributed by atoms with Crippen LogP contribution in [0.1, 0.15) is 36.8 Å². The number of likely N-dealkylation sites (tertiary alicyclic amines) is 2. The molecule has 9 heteroatoms. The highest BCUT2D eigenvalue weighted by atomic mass is 19.1. The minimum absolute atomic E-state index is 0.190. The molecule has 1 atom stereocenters. The van der Waals surface area contributed by atoms with Gasteiger partial charge < -0.3 is 25.1 Å². The molecule has 6 nitrogen and oxygen atoms in total. The van der Waals surface area contributed by atoms with E-state index in [-0.39, 0.29) is 49.8 Å². The molecule has 0 saturated carbocycles. The van der Waals surface area contributed by atoms with Crippen molar-refractivity contribution >= 4 is 12.0 Å². The van der Waals surface area contributed by atoms with Crippen LogP contribution in [0.15, 0.2) is 48.5 Å². The van der Waals surface area contributed by atoms with Gasteiger partial charge in [-0.15, -0.1) is 0 Å². The Bertz CT molecular complexity index is 1070. The summed E-state index contributed by atoms with van der Waals surface area (Å²) < 4.78 is 39.8. The molecule has 3 N–H and O–H groups in total. The van der Waals surface area contributed by atoms with Gasteiger partial charge in [0.05, 0.1) is 17.3 Å². The number of aliphatic hydroxyl groups is 3. The molecule has 2 aliphatic rings. The summed E-state index contributed by atoms with van der Waals surface area (Å²) in [5, 5.41) is 32.8. The van der Waals surface area contributed by atoms with Gasteiger partial charge in [0.2, 0.25) is 5.91 Å². The summed E-state index contributed by atoms with van der Waals surface area (Å²) in [6.45, 7) is 1.72. The lowest BCUT2D eigenvalue weighted by Crippen LogP contribution is -2.56. The van der Waals surface area contributed by atoms with E-state index in [0.717, 1.165) is 18.2 Å². The quantitative estimate of drug-likeness (QED) is 0.527. The molecule has 1 amide bonds. The lowest BCUT2D eigenvalue weighted by molar-refractivity contribution is -0.141. The predicted octanol–water partition coefficient (Wildman–Crippen LogP) is 2.82. The number of nitrogens with zero attached hydrogens (tertiary/aromatic N) is 2. The SMILES string of the molecule is O=C(/C=C/c1cc(F)cc(F)c1)N1CCC(O)(C(O)CN2CCC(O)(c3ccc(F)cc3)CC2)CC1. The zero-order valence-electron chi connectivity index (χ0n) is 19.9. The van der Waals surface area contributed by atoms with Crippen LogP contribution in [-0.4, -0.2) is 75.5 Å². The van der Waals surface area contributed by atoms with Crippen LogP contribution in [0.5, 0.6) is 0 Å². The van der Waals surface area contributed by atoms with Crippen molar-refractivity contribution in [2.24, 2.45) is 0 Å². The number of piperidine rings is 2. The first-order valence-electron chi connectivity index (χ1n) is 12.1. The van der Waals surface area contributed by atoms with Gasteiger partial charge in [0.15, 0.2) is 0 Å². The maximum Gasteiger partial charge on any atom is 0.246 e. The highest BCUT2D eigenvalue weighted by molar-refractivity contribution is 5.91. The van der Waals surface area contributed by atoms with Gasteiger partial charge in [-0.05, 0) is 67.2 Å². The Balaban J connectivity index is 1.26. The third-order valence-corrected chi connectivity index (χ3v) is 7.36. The van der Waals surface area contributed by atoms with E-state index in [4.69, 9.17) is 0 Å². The van der Waals surface area contributed by atoms with Crippen molar-refractivity contribution < 1.29 is 33.3 Å². The summed E-state index contributed by atoms with van der Waals surface area (Å²) in [6.07, 6.45) is 2.78. The predicted molar refractivity (Wildman–Crippen MR) is 128 cm³/mol. The molecule has 2 aliphatic heterocycles. The van der Waals surface area contributed by atoms with Crippen molar-refractivity contribution in [2.75, 3.05) is 32.7 Å². The highest BCUT2D eigenvalue weighted by Crippen LogP contribution is 2.34. The second-order valence-corrected chi connectivity index (χ2v) is 9.82. The molecular weight excluding hydrogens is 473 g/mol. The maximum atomic E-state index is 13.3. The average molecular weight is 505 g/mol. The Morgan fingerprint density at radius 3 is 2.06 bits per heavy atom. The lowest BCUT2D eigenvalue weighted by Gasteiger charge is -2.44. The number of carbonyl (C=O) groups excluding carboxylic acids is 1. The number of amides is 1. The summed E-state index contributed by atoms with van der Waals surface area (Å²) in [6, 6.07) is 8.83. The molecule has 0 spiro atoms. The number of hydrogen-bond acceptors (Lipinski definition) is 5. The minimum atomic E-state index is -1.35. The van der Waals surface area contributed by atoms with Crippen molar-refractivity contribution in [3.05, 3.63) is 77.1 Å². The molecule has 0 aromatic heterocycles. The molecular formula is C27H31F3N2O4. The number of hydrogen-bond donors (Lipinski definition) is 3. The molecule has 1 unspecified atom stereocenters. The maximum absolute atomic E-state index is 13.3. The normalized spacial score (nSPS) is 21.0. The monoisotopic (exact) mass is 504 g/mol. The van der Waals surface area contributed by atoms with Gasteiger partial charge >= 0.3 is 0 Å². The average Bonchev–Trinajstić information content (AvgIpc) is 2.84. The van der Waals surface area contributed by atoms with Gasteiger partial charge in [-0.25, -0.2) is 13.2 Å². The van der Waals surface area contributed by atoms with E-state index in [1.165, 1.54) is 29.2 Å². The minimum Gasteiger partial charge on any atom is -0.389 e. The smallest absolute Gasteiger partial charge is 0.246 e. The van der Waals surface area contributed by atoms with Gasteiger partial charge in [0.25, 0.3) is 0 Å². The fourth-order valence-corrected chi connectivity index (χ4v) is 4.96. The first-order valence-corrected chi connectivity index (χ1v) is 12.1. The third kappa shape index (κ3) is 6.15. The van der Waals surface area contributed by atoms with Crippen molar-refractivity contribution in [3.8, 4) is 0 Å². The third-order valence-electron chi connectivity index (χ3n) is 7.36. The van der Waals surface area contributed by atoms with E-state index in [1.54, 1.807) is 12.1 Å². The van der Waals surface area contributed by atoms with Crippen LogP contribution in [0.4, 0.5) is 13.2 Å². The second-order valence-electron chi connectivity index (χ2n) is 9.82. The number of rotatable bonds is 6.